The molecule has 3 aliphatic rings. The highest BCUT2D eigenvalue weighted by atomic mass is 19.2. The number of anilines is 1. The van der Waals surface area contributed by atoms with Crippen molar-refractivity contribution in [3.8, 4) is 0 Å². The number of carbonyl (C=O) groups excluding carboxylic acids is 1. The van der Waals surface area contributed by atoms with Gasteiger partial charge in [-0.15, -0.1) is 0 Å². The topological polar surface area (TPSA) is 65.4 Å². The highest BCUT2D eigenvalue weighted by Gasteiger charge is 2.59. The molecule has 1 amide bonds. The Morgan fingerprint density at radius 3 is 2.27 bits per heavy atom. The molecule has 9 heteroatoms. The number of nitrogens with zero attached hydrogens (tertiary/aromatic N) is 2. The van der Waals surface area contributed by atoms with Crippen LogP contribution in [0.5, 0.6) is 0 Å². The fourth-order valence-electron chi connectivity index (χ4n) is 6.28. The van der Waals surface area contributed by atoms with Crippen LogP contribution < -0.4 is 10.8 Å². The van der Waals surface area contributed by atoms with Crippen LogP contribution in [-0.2, 0) is 14.1 Å². The maximum atomic E-state index is 13.8. The van der Waals surface area contributed by atoms with Crippen molar-refractivity contribution in [2.75, 3.05) is 5.32 Å². The lowest BCUT2D eigenvalue weighted by atomic mass is 9.79. The van der Waals surface area contributed by atoms with Crippen LogP contribution in [-0.4, -0.2) is 33.8 Å². The summed E-state index contributed by atoms with van der Waals surface area (Å²) in [6.45, 7) is 10.1. The Hall–Kier alpha value is -2.78. The van der Waals surface area contributed by atoms with E-state index in [1.54, 1.807) is 6.33 Å². The molecule has 5 atom stereocenters. The van der Waals surface area contributed by atoms with Crippen molar-refractivity contribution in [3.63, 3.8) is 0 Å². The highest BCUT2D eigenvalue weighted by Crippen LogP contribution is 2.64. The predicted octanol–water partition coefficient (Wildman–Crippen LogP) is 5.09. The number of hydrogen-bond donors (Lipinski definition) is 1. The molecule has 1 aromatic heterocycles. The zero-order valence-corrected chi connectivity index (χ0v) is 21.8. The minimum absolute atomic E-state index is 0.0185. The molecular weight excluding hydrogens is 475 g/mol. The number of nitrogens with one attached hydrogen (secondary N) is 1. The van der Waals surface area contributed by atoms with Crippen LogP contribution >= 0.6 is 0 Å². The largest absolute Gasteiger partial charge is 0.494 e. The SMILES string of the molecule is C[C@H](C(=O)Nc1ccc(B2OC(C)(C)C(C)(C)O2)cc1)[C@@H]1[C@@H]2C[C@H](n3cnc4cc(F)c(F)cc43)C[C@@H]21. The minimum atomic E-state index is -0.880. The minimum Gasteiger partial charge on any atom is -0.399 e. The second-order valence-corrected chi connectivity index (χ2v) is 11.9. The van der Waals surface area contributed by atoms with Crippen molar-refractivity contribution in [2.45, 2.75) is 64.7 Å². The Bertz CT molecular complexity index is 1340. The average Bonchev–Trinajstić information content (AvgIpc) is 3.11. The van der Waals surface area contributed by atoms with Gasteiger partial charge in [-0.05, 0) is 75.9 Å². The number of halogens is 2. The van der Waals surface area contributed by atoms with E-state index in [1.807, 2.05) is 63.5 Å². The second-order valence-electron chi connectivity index (χ2n) is 11.9. The number of fused-ring (bicyclic) bond motifs is 2. The average molecular weight is 507 g/mol. The summed E-state index contributed by atoms with van der Waals surface area (Å²) in [4.78, 5) is 17.3. The Kier molecular flexibility index (Phi) is 5.55. The van der Waals surface area contributed by atoms with Crippen LogP contribution in [0.25, 0.3) is 11.0 Å². The van der Waals surface area contributed by atoms with E-state index in [4.69, 9.17) is 9.31 Å². The summed E-state index contributed by atoms with van der Waals surface area (Å²) in [5, 5.41) is 3.06. The van der Waals surface area contributed by atoms with Crippen molar-refractivity contribution in [1.29, 1.82) is 0 Å². The fraction of sp³-hybridized carbons (Fsp3) is 0.500. The van der Waals surface area contributed by atoms with E-state index < -0.39 is 30.0 Å². The molecule has 2 aromatic carbocycles. The third-order valence-corrected chi connectivity index (χ3v) is 9.19. The molecule has 6 nitrogen and oxygen atoms in total. The van der Waals surface area contributed by atoms with Crippen LogP contribution in [0.1, 0.15) is 53.5 Å². The van der Waals surface area contributed by atoms with Gasteiger partial charge < -0.3 is 19.2 Å². The van der Waals surface area contributed by atoms with Gasteiger partial charge in [0.25, 0.3) is 0 Å². The molecule has 1 saturated heterocycles. The molecule has 37 heavy (non-hydrogen) atoms. The van der Waals surface area contributed by atoms with Gasteiger partial charge >= 0.3 is 7.12 Å². The highest BCUT2D eigenvalue weighted by molar-refractivity contribution is 6.62. The third-order valence-electron chi connectivity index (χ3n) is 9.19. The van der Waals surface area contributed by atoms with Crippen LogP contribution in [0.4, 0.5) is 14.5 Å². The van der Waals surface area contributed by atoms with E-state index in [0.717, 1.165) is 30.1 Å². The van der Waals surface area contributed by atoms with Crippen LogP contribution in [0.15, 0.2) is 42.7 Å². The first-order valence-electron chi connectivity index (χ1n) is 13.0. The third kappa shape index (κ3) is 4.07. The van der Waals surface area contributed by atoms with E-state index in [1.165, 1.54) is 6.07 Å². The fourth-order valence-corrected chi connectivity index (χ4v) is 6.28. The lowest BCUT2D eigenvalue weighted by Gasteiger charge is -2.32. The number of hydrogen-bond acceptors (Lipinski definition) is 4. The summed E-state index contributed by atoms with van der Waals surface area (Å²) in [5.74, 6) is -0.572. The number of imidazole rings is 1. The summed E-state index contributed by atoms with van der Waals surface area (Å²) in [6.07, 6.45) is 3.51. The van der Waals surface area contributed by atoms with Gasteiger partial charge in [0.15, 0.2) is 11.6 Å². The smallest absolute Gasteiger partial charge is 0.399 e. The number of benzene rings is 2. The molecule has 2 saturated carbocycles. The van der Waals surface area contributed by atoms with Gasteiger partial charge in [-0.3, -0.25) is 4.79 Å². The summed E-state index contributed by atoms with van der Waals surface area (Å²) < 4.78 is 41.5. The first-order valence-corrected chi connectivity index (χ1v) is 13.0. The lowest BCUT2D eigenvalue weighted by molar-refractivity contribution is -0.120. The summed E-state index contributed by atoms with van der Waals surface area (Å²) in [5.41, 5.74) is 1.95. The first kappa shape index (κ1) is 24.6. The summed E-state index contributed by atoms with van der Waals surface area (Å²) in [6, 6.07) is 10.2. The van der Waals surface area contributed by atoms with E-state index in [-0.39, 0.29) is 17.9 Å². The molecule has 0 unspecified atom stereocenters. The molecule has 2 heterocycles. The van der Waals surface area contributed by atoms with Crippen molar-refractivity contribution in [1.82, 2.24) is 9.55 Å². The van der Waals surface area contributed by atoms with Gasteiger partial charge in [0.05, 0.1) is 28.6 Å². The number of carbonyl (C=O) groups is 1. The van der Waals surface area contributed by atoms with Gasteiger partial charge in [-0.25, -0.2) is 13.8 Å². The van der Waals surface area contributed by atoms with Crippen molar-refractivity contribution in [3.05, 3.63) is 54.4 Å². The van der Waals surface area contributed by atoms with Gasteiger partial charge in [0.1, 0.15) is 0 Å². The molecule has 194 valence electrons. The van der Waals surface area contributed by atoms with Gasteiger partial charge in [-0.2, -0.15) is 0 Å². The van der Waals surface area contributed by atoms with Crippen molar-refractivity contribution >= 4 is 35.2 Å². The van der Waals surface area contributed by atoms with Crippen molar-refractivity contribution in [2.24, 2.45) is 23.7 Å². The van der Waals surface area contributed by atoms with E-state index in [2.05, 4.69) is 10.3 Å². The van der Waals surface area contributed by atoms with Gasteiger partial charge in [0, 0.05) is 29.8 Å². The standard InChI is InChI=1S/C28H32BF2N3O3/c1-15(26(35)33-17-8-6-16(7-9-17)29-36-27(2,3)28(4,5)37-29)25-19-10-18(11-20(19)25)34-14-32-23-12-21(30)22(31)13-24(23)34/h6-9,12-15,18-20,25H,10-11H2,1-5H3,(H,33,35)/t15-,18-,19+,20-,25+/m0/s1. The normalized spacial score (nSPS) is 28.4. The molecule has 0 bridgehead atoms. The van der Waals surface area contributed by atoms with Gasteiger partial charge in [0.2, 0.25) is 5.91 Å². The Morgan fingerprint density at radius 2 is 1.65 bits per heavy atom. The maximum Gasteiger partial charge on any atom is 0.494 e. The Labute approximate surface area is 215 Å². The molecule has 3 fully saturated rings. The molecule has 1 N–H and O–H groups in total. The van der Waals surface area contributed by atoms with Crippen LogP contribution in [0.3, 0.4) is 0 Å². The van der Waals surface area contributed by atoms with Gasteiger partial charge in [-0.1, -0.05) is 19.1 Å². The molecular formula is C28H32BF2N3O3. The Balaban J connectivity index is 1.06. The molecule has 1 aliphatic heterocycles. The molecule has 3 aromatic rings. The number of aromatic nitrogens is 2. The molecule has 0 spiro atoms. The zero-order chi connectivity index (χ0) is 26.3. The summed E-state index contributed by atoms with van der Waals surface area (Å²) in [7, 11) is -0.435. The first-order chi connectivity index (χ1) is 17.4. The number of amides is 1. The zero-order valence-electron chi connectivity index (χ0n) is 21.8. The quantitative estimate of drug-likeness (QED) is 0.489. The summed E-state index contributed by atoms with van der Waals surface area (Å²) >= 11 is 0. The lowest BCUT2D eigenvalue weighted by Crippen LogP contribution is -2.41. The van der Waals surface area contributed by atoms with Crippen LogP contribution in [0, 0.1) is 35.3 Å². The number of rotatable bonds is 5. The van der Waals surface area contributed by atoms with Crippen molar-refractivity contribution < 1.29 is 22.9 Å². The van der Waals surface area contributed by atoms with E-state index in [9.17, 15) is 13.6 Å². The Morgan fingerprint density at radius 1 is 1.05 bits per heavy atom. The van der Waals surface area contributed by atoms with Crippen LogP contribution in [0.2, 0.25) is 0 Å². The second kappa shape index (κ2) is 8.36. The van der Waals surface area contributed by atoms with E-state index >= 15 is 0 Å². The predicted molar refractivity (Wildman–Crippen MR) is 138 cm³/mol. The molecule has 2 aliphatic carbocycles. The molecule has 6 rings (SSSR count). The molecule has 0 radical (unpaired) electrons. The maximum absolute atomic E-state index is 13.8. The van der Waals surface area contributed by atoms with E-state index in [0.29, 0.717) is 28.8 Å². The monoisotopic (exact) mass is 507 g/mol.